The van der Waals surface area contributed by atoms with Crippen LogP contribution in [0.3, 0.4) is 0 Å². The molecule has 110 valence electrons. The molecule has 1 N–H and O–H groups in total. The quantitative estimate of drug-likeness (QED) is 0.702. The molecule has 0 amide bonds. The molecule has 0 fully saturated rings. The van der Waals surface area contributed by atoms with Gasteiger partial charge in [0.15, 0.2) is 0 Å². The van der Waals surface area contributed by atoms with Crippen LogP contribution < -0.4 is 10.1 Å². The first-order chi connectivity index (χ1) is 10.8. The molecule has 3 aromatic rings. The van der Waals surface area contributed by atoms with Crippen LogP contribution in [0.5, 0.6) is 5.75 Å². The first-order valence-electron chi connectivity index (χ1n) is 7.09. The second-order valence-corrected chi connectivity index (χ2v) is 4.91. The van der Waals surface area contributed by atoms with Gasteiger partial charge in [-0.3, -0.25) is 0 Å². The maximum Gasteiger partial charge on any atom is 0.146 e. The smallest absolute Gasteiger partial charge is 0.146 e. The van der Waals surface area contributed by atoms with E-state index in [4.69, 9.17) is 4.74 Å². The van der Waals surface area contributed by atoms with Gasteiger partial charge in [-0.2, -0.15) is 0 Å². The van der Waals surface area contributed by atoms with Gasteiger partial charge in [-0.15, -0.1) is 0 Å². The Hall–Kier alpha value is -2.81. The van der Waals surface area contributed by atoms with E-state index >= 15 is 0 Å². The van der Waals surface area contributed by atoms with E-state index in [0.29, 0.717) is 12.3 Å². The van der Waals surface area contributed by atoms with Crippen molar-refractivity contribution in [3.63, 3.8) is 0 Å². The summed E-state index contributed by atoms with van der Waals surface area (Å²) in [4.78, 5) is 0. The summed E-state index contributed by atoms with van der Waals surface area (Å²) in [5.74, 6) is 0.461. The second kappa shape index (κ2) is 6.76. The fraction of sp³-hybridized carbons (Fsp3) is 0.0526. The molecule has 0 radical (unpaired) electrons. The average molecular weight is 293 g/mol. The molecule has 3 heteroatoms. The molecule has 3 aromatic carbocycles. The van der Waals surface area contributed by atoms with E-state index in [-0.39, 0.29) is 5.82 Å². The molecule has 0 aliphatic rings. The Balaban J connectivity index is 1.69. The highest BCUT2D eigenvalue weighted by Gasteiger charge is 2.02. The van der Waals surface area contributed by atoms with E-state index in [2.05, 4.69) is 5.32 Å². The Morgan fingerprint density at radius 2 is 1.59 bits per heavy atom. The number of ether oxygens (including phenoxy) is 1. The Bertz CT molecular complexity index is 743. The average Bonchev–Trinajstić information content (AvgIpc) is 2.57. The van der Waals surface area contributed by atoms with Gasteiger partial charge in [-0.1, -0.05) is 48.5 Å². The Morgan fingerprint density at radius 1 is 0.818 bits per heavy atom. The summed E-state index contributed by atoms with van der Waals surface area (Å²) in [6.45, 7) is 0.504. The maximum absolute atomic E-state index is 13.7. The van der Waals surface area contributed by atoms with Gasteiger partial charge >= 0.3 is 0 Å². The lowest BCUT2D eigenvalue weighted by molar-refractivity contribution is 0.306. The van der Waals surface area contributed by atoms with Crippen LogP contribution in [0.4, 0.5) is 15.8 Å². The molecular formula is C19H16FNO. The van der Waals surface area contributed by atoms with Crippen molar-refractivity contribution >= 4 is 11.4 Å². The standard InChI is InChI=1S/C19H16FNO/c20-18-11-4-5-12-19(18)21-16-9-6-10-17(13-16)22-14-15-7-2-1-3-8-15/h1-13,21H,14H2. The fourth-order valence-electron chi connectivity index (χ4n) is 2.12. The summed E-state index contributed by atoms with van der Waals surface area (Å²) < 4.78 is 19.4. The van der Waals surface area contributed by atoms with Crippen LogP contribution in [0, 0.1) is 5.82 Å². The van der Waals surface area contributed by atoms with Crippen molar-refractivity contribution in [1.29, 1.82) is 0 Å². The molecule has 0 unspecified atom stereocenters. The van der Waals surface area contributed by atoms with E-state index in [9.17, 15) is 4.39 Å². The summed E-state index contributed by atoms with van der Waals surface area (Å²) in [5.41, 5.74) is 2.34. The number of nitrogens with one attached hydrogen (secondary N) is 1. The predicted molar refractivity (Wildman–Crippen MR) is 86.9 cm³/mol. The molecule has 0 aliphatic heterocycles. The van der Waals surface area contributed by atoms with Gasteiger partial charge in [0.2, 0.25) is 0 Å². The third kappa shape index (κ3) is 3.64. The lowest BCUT2D eigenvalue weighted by atomic mass is 10.2. The number of benzene rings is 3. The number of halogens is 1. The number of para-hydroxylation sites is 1. The fourth-order valence-corrected chi connectivity index (χ4v) is 2.12. The van der Waals surface area contributed by atoms with E-state index in [1.807, 2.05) is 54.6 Å². The first-order valence-corrected chi connectivity index (χ1v) is 7.09. The minimum atomic E-state index is -0.280. The van der Waals surface area contributed by atoms with Gasteiger partial charge in [0.1, 0.15) is 18.2 Å². The van der Waals surface area contributed by atoms with Crippen molar-refractivity contribution in [1.82, 2.24) is 0 Å². The van der Waals surface area contributed by atoms with Crippen molar-refractivity contribution in [3.05, 3.63) is 90.2 Å². The molecule has 0 bridgehead atoms. The van der Waals surface area contributed by atoms with Crippen LogP contribution in [0.15, 0.2) is 78.9 Å². The monoisotopic (exact) mass is 293 g/mol. The van der Waals surface area contributed by atoms with Gasteiger partial charge in [0.25, 0.3) is 0 Å². The number of hydrogen-bond donors (Lipinski definition) is 1. The predicted octanol–water partition coefficient (Wildman–Crippen LogP) is 5.15. The van der Waals surface area contributed by atoms with Crippen molar-refractivity contribution in [3.8, 4) is 5.75 Å². The van der Waals surface area contributed by atoms with Crippen LogP contribution in [-0.2, 0) is 6.61 Å². The number of rotatable bonds is 5. The lowest BCUT2D eigenvalue weighted by Crippen LogP contribution is -1.97. The van der Waals surface area contributed by atoms with Crippen molar-refractivity contribution in [2.45, 2.75) is 6.61 Å². The normalized spacial score (nSPS) is 10.2. The van der Waals surface area contributed by atoms with Crippen LogP contribution in [-0.4, -0.2) is 0 Å². The van der Waals surface area contributed by atoms with Crippen LogP contribution in [0.1, 0.15) is 5.56 Å². The zero-order valence-corrected chi connectivity index (χ0v) is 12.0. The molecular weight excluding hydrogens is 277 g/mol. The third-order valence-corrected chi connectivity index (χ3v) is 3.24. The molecule has 0 saturated carbocycles. The van der Waals surface area contributed by atoms with E-state index in [1.54, 1.807) is 18.2 Å². The zero-order chi connectivity index (χ0) is 15.2. The van der Waals surface area contributed by atoms with E-state index < -0.39 is 0 Å². The summed E-state index contributed by atoms with van der Waals surface area (Å²) in [6, 6.07) is 24.1. The summed E-state index contributed by atoms with van der Waals surface area (Å²) in [6.07, 6.45) is 0. The Labute approximate surface area is 129 Å². The molecule has 0 spiro atoms. The molecule has 0 aromatic heterocycles. The van der Waals surface area contributed by atoms with Crippen molar-refractivity contribution < 1.29 is 9.13 Å². The Morgan fingerprint density at radius 3 is 2.41 bits per heavy atom. The minimum Gasteiger partial charge on any atom is -0.489 e. The highest BCUT2D eigenvalue weighted by atomic mass is 19.1. The number of anilines is 2. The highest BCUT2D eigenvalue weighted by molar-refractivity contribution is 5.61. The lowest BCUT2D eigenvalue weighted by Gasteiger charge is -2.10. The second-order valence-electron chi connectivity index (χ2n) is 4.91. The molecule has 2 nitrogen and oxygen atoms in total. The molecule has 0 saturated heterocycles. The maximum atomic E-state index is 13.7. The van der Waals surface area contributed by atoms with Gasteiger partial charge < -0.3 is 10.1 Å². The van der Waals surface area contributed by atoms with Gasteiger partial charge in [-0.05, 0) is 29.8 Å². The van der Waals surface area contributed by atoms with Crippen molar-refractivity contribution in [2.75, 3.05) is 5.32 Å². The van der Waals surface area contributed by atoms with E-state index in [1.165, 1.54) is 6.07 Å². The highest BCUT2D eigenvalue weighted by Crippen LogP contribution is 2.23. The third-order valence-electron chi connectivity index (χ3n) is 3.24. The molecule has 22 heavy (non-hydrogen) atoms. The summed E-state index contributed by atoms with van der Waals surface area (Å²) in [5, 5.41) is 3.06. The minimum absolute atomic E-state index is 0.280. The van der Waals surface area contributed by atoms with Gasteiger partial charge in [0, 0.05) is 11.8 Å². The van der Waals surface area contributed by atoms with Crippen LogP contribution in [0.25, 0.3) is 0 Å². The van der Waals surface area contributed by atoms with Gasteiger partial charge in [0.05, 0.1) is 5.69 Å². The largest absolute Gasteiger partial charge is 0.489 e. The zero-order valence-electron chi connectivity index (χ0n) is 12.0. The molecule has 3 rings (SSSR count). The first kappa shape index (κ1) is 14.1. The van der Waals surface area contributed by atoms with Gasteiger partial charge in [-0.25, -0.2) is 4.39 Å². The molecule has 0 aliphatic carbocycles. The van der Waals surface area contributed by atoms with Crippen LogP contribution >= 0.6 is 0 Å². The molecule has 0 atom stereocenters. The Kier molecular flexibility index (Phi) is 4.35. The van der Waals surface area contributed by atoms with Crippen LogP contribution in [0.2, 0.25) is 0 Å². The SMILES string of the molecule is Fc1ccccc1Nc1cccc(OCc2ccccc2)c1. The summed E-state index contributed by atoms with van der Waals surface area (Å²) >= 11 is 0. The topological polar surface area (TPSA) is 21.3 Å². The summed E-state index contributed by atoms with van der Waals surface area (Å²) in [7, 11) is 0. The van der Waals surface area contributed by atoms with E-state index in [0.717, 1.165) is 17.0 Å². The number of hydrogen-bond acceptors (Lipinski definition) is 2. The molecule has 0 heterocycles. The van der Waals surface area contributed by atoms with Crippen molar-refractivity contribution in [2.24, 2.45) is 0 Å².